The minimum Gasteiger partial charge on any atom is -0.363 e. The number of thioether (sulfide) groups is 1. The summed E-state index contributed by atoms with van der Waals surface area (Å²) in [6, 6.07) is 0.458. The normalized spacial score (nSPS) is 12.2. The lowest BCUT2D eigenvalue weighted by Gasteiger charge is -2.11. The van der Waals surface area contributed by atoms with Gasteiger partial charge in [0.1, 0.15) is 0 Å². The van der Waals surface area contributed by atoms with Crippen LogP contribution in [-0.4, -0.2) is 30.7 Å². The molecule has 2 N–H and O–H groups in total. The highest BCUT2D eigenvalue weighted by atomic mass is 32.2. The SMILES string of the molecule is CCCSC(=NCNC)NC(C)C. The lowest BCUT2D eigenvalue weighted by molar-refractivity contribution is 0.731. The summed E-state index contributed by atoms with van der Waals surface area (Å²) in [5, 5.41) is 7.38. The molecule has 0 spiro atoms. The van der Waals surface area contributed by atoms with E-state index in [1.54, 1.807) is 11.8 Å². The average molecular weight is 203 g/mol. The molecular weight excluding hydrogens is 182 g/mol. The summed E-state index contributed by atoms with van der Waals surface area (Å²) in [5.41, 5.74) is 0. The molecule has 0 unspecified atom stereocenters. The van der Waals surface area contributed by atoms with E-state index in [-0.39, 0.29) is 0 Å². The molecule has 0 saturated carbocycles. The van der Waals surface area contributed by atoms with Gasteiger partial charge in [-0.15, -0.1) is 0 Å². The zero-order valence-electron chi connectivity index (χ0n) is 9.05. The average Bonchev–Trinajstić information content (AvgIpc) is 2.09. The van der Waals surface area contributed by atoms with Gasteiger partial charge in [0.05, 0.1) is 6.67 Å². The summed E-state index contributed by atoms with van der Waals surface area (Å²) in [6.07, 6.45) is 1.18. The molecular formula is C9H21N3S. The van der Waals surface area contributed by atoms with Crippen molar-refractivity contribution in [2.45, 2.75) is 33.2 Å². The number of hydrogen-bond acceptors (Lipinski definition) is 3. The molecule has 0 bridgehead atoms. The maximum Gasteiger partial charge on any atom is 0.158 e. The number of nitrogens with one attached hydrogen (secondary N) is 2. The summed E-state index contributed by atoms with van der Waals surface area (Å²) >= 11 is 1.79. The van der Waals surface area contributed by atoms with Crippen molar-refractivity contribution in [1.82, 2.24) is 10.6 Å². The van der Waals surface area contributed by atoms with Crippen LogP contribution in [0.15, 0.2) is 4.99 Å². The van der Waals surface area contributed by atoms with E-state index in [1.807, 2.05) is 7.05 Å². The Bertz CT molecular complexity index is 146. The zero-order chi connectivity index (χ0) is 10.1. The van der Waals surface area contributed by atoms with Gasteiger partial charge in [0, 0.05) is 11.8 Å². The van der Waals surface area contributed by atoms with Crippen LogP contribution >= 0.6 is 11.8 Å². The second kappa shape index (κ2) is 8.38. The van der Waals surface area contributed by atoms with Crippen molar-refractivity contribution in [3.8, 4) is 0 Å². The van der Waals surface area contributed by atoms with Gasteiger partial charge < -0.3 is 10.6 Å². The molecule has 0 aromatic heterocycles. The van der Waals surface area contributed by atoms with Crippen LogP contribution in [0.3, 0.4) is 0 Å². The van der Waals surface area contributed by atoms with Gasteiger partial charge in [0.15, 0.2) is 5.17 Å². The van der Waals surface area contributed by atoms with Gasteiger partial charge in [-0.05, 0) is 27.3 Å². The van der Waals surface area contributed by atoms with Crippen molar-refractivity contribution in [1.29, 1.82) is 0 Å². The number of aliphatic imine (C=N–C) groups is 1. The predicted molar refractivity (Wildman–Crippen MR) is 62.4 cm³/mol. The van der Waals surface area contributed by atoms with E-state index in [1.165, 1.54) is 6.42 Å². The Balaban J connectivity index is 3.86. The molecule has 0 rings (SSSR count). The zero-order valence-corrected chi connectivity index (χ0v) is 9.87. The first-order chi connectivity index (χ1) is 6.20. The lowest BCUT2D eigenvalue weighted by Crippen LogP contribution is -2.29. The second-order valence-electron chi connectivity index (χ2n) is 3.12. The molecule has 78 valence electrons. The van der Waals surface area contributed by atoms with E-state index < -0.39 is 0 Å². The molecule has 0 saturated heterocycles. The van der Waals surface area contributed by atoms with Crippen LogP contribution in [0.5, 0.6) is 0 Å². The van der Waals surface area contributed by atoms with Gasteiger partial charge in [0.2, 0.25) is 0 Å². The van der Waals surface area contributed by atoms with E-state index in [4.69, 9.17) is 0 Å². The highest BCUT2D eigenvalue weighted by Crippen LogP contribution is 2.04. The Hall–Kier alpha value is -0.220. The van der Waals surface area contributed by atoms with E-state index in [0.717, 1.165) is 10.9 Å². The molecule has 3 nitrogen and oxygen atoms in total. The minimum absolute atomic E-state index is 0.458. The highest BCUT2D eigenvalue weighted by molar-refractivity contribution is 8.13. The van der Waals surface area contributed by atoms with Gasteiger partial charge in [0.25, 0.3) is 0 Å². The quantitative estimate of drug-likeness (QED) is 0.527. The van der Waals surface area contributed by atoms with Gasteiger partial charge in [-0.3, -0.25) is 0 Å². The molecule has 0 fully saturated rings. The maximum atomic E-state index is 4.38. The molecule has 13 heavy (non-hydrogen) atoms. The van der Waals surface area contributed by atoms with Crippen LogP contribution in [0.1, 0.15) is 27.2 Å². The summed E-state index contributed by atoms with van der Waals surface area (Å²) in [7, 11) is 1.90. The fraction of sp³-hybridized carbons (Fsp3) is 0.889. The van der Waals surface area contributed by atoms with Crippen molar-refractivity contribution in [3.05, 3.63) is 0 Å². The van der Waals surface area contributed by atoms with Crippen molar-refractivity contribution in [2.24, 2.45) is 4.99 Å². The van der Waals surface area contributed by atoms with Gasteiger partial charge in [-0.25, -0.2) is 4.99 Å². The summed E-state index contributed by atoms with van der Waals surface area (Å²) in [5.74, 6) is 1.13. The van der Waals surface area contributed by atoms with Crippen molar-refractivity contribution in [3.63, 3.8) is 0 Å². The second-order valence-corrected chi connectivity index (χ2v) is 4.21. The maximum absolute atomic E-state index is 4.38. The van der Waals surface area contributed by atoms with Crippen molar-refractivity contribution >= 4 is 16.9 Å². The van der Waals surface area contributed by atoms with E-state index in [9.17, 15) is 0 Å². The predicted octanol–water partition coefficient (Wildman–Crippen LogP) is 1.66. The molecule has 0 aliphatic carbocycles. The van der Waals surface area contributed by atoms with Crippen LogP contribution in [0, 0.1) is 0 Å². The minimum atomic E-state index is 0.458. The third-order valence-corrected chi connectivity index (χ3v) is 2.37. The number of rotatable bonds is 5. The van der Waals surface area contributed by atoms with E-state index in [2.05, 4.69) is 36.4 Å². The molecule has 0 atom stereocenters. The van der Waals surface area contributed by atoms with Gasteiger partial charge in [-0.2, -0.15) is 0 Å². The van der Waals surface area contributed by atoms with Crippen LogP contribution in [0.25, 0.3) is 0 Å². The molecule has 0 amide bonds. The Morgan fingerprint density at radius 3 is 2.62 bits per heavy atom. The Kier molecular flexibility index (Phi) is 8.24. The topological polar surface area (TPSA) is 36.4 Å². The van der Waals surface area contributed by atoms with Crippen LogP contribution in [0.4, 0.5) is 0 Å². The fourth-order valence-electron chi connectivity index (χ4n) is 0.730. The first kappa shape index (κ1) is 12.8. The van der Waals surface area contributed by atoms with E-state index in [0.29, 0.717) is 12.7 Å². The smallest absolute Gasteiger partial charge is 0.158 e. The van der Waals surface area contributed by atoms with Gasteiger partial charge in [-0.1, -0.05) is 18.7 Å². The number of nitrogens with zero attached hydrogens (tertiary/aromatic N) is 1. The molecule has 0 aliphatic heterocycles. The van der Waals surface area contributed by atoms with E-state index >= 15 is 0 Å². The molecule has 0 heterocycles. The first-order valence-corrected chi connectivity index (χ1v) is 5.77. The highest BCUT2D eigenvalue weighted by Gasteiger charge is 2.00. The third-order valence-electron chi connectivity index (χ3n) is 1.24. The Morgan fingerprint density at radius 1 is 1.46 bits per heavy atom. The number of amidine groups is 1. The largest absolute Gasteiger partial charge is 0.363 e. The molecule has 0 radical (unpaired) electrons. The van der Waals surface area contributed by atoms with Crippen LogP contribution in [0.2, 0.25) is 0 Å². The Labute approximate surface area is 85.8 Å². The van der Waals surface area contributed by atoms with Crippen LogP contribution in [-0.2, 0) is 0 Å². The standard InChI is InChI=1S/C9H21N3S/c1-5-6-13-9(11-7-10-4)12-8(2)3/h8,10H,5-7H2,1-4H3,(H,11,12). The van der Waals surface area contributed by atoms with Gasteiger partial charge >= 0.3 is 0 Å². The molecule has 0 aromatic carbocycles. The van der Waals surface area contributed by atoms with Crippen molar-refractivity contribution in [2.75, 3.05) is 19.5 Å². The molecule has 0 aliphatic rings. The first-order valence-electron chi connectivity index (χ1n) is 4.79. The fourth-order valence-corrected chi connectivity index (χ4v) is 1.60. The lowest BCUT2D eigenvalue weighted by atomic mass is 10.4. The summed E-state index contributed by atoms with van der Waals surface area (Å²) in [4.78, 5) is 4.38. The number of hydrogen-bond donors (Lipinski definition) is 2. The summed E-state index contributed by atoms with van der Waals surface area (Å²) in [6.45, 7) is 7.12. The monoisotopic (exact) mass is 203 g/mol. The van der Waals surface area contributed by atoms with Crippen LogP contribution < -0.4 is 10.6 Å². The third kappa shape index (κ3) is 8.12. The molecule has 4 heteroatoms. The Morgan fingerprint density at radius 2 is 2.15 bits per heavy atom. The van der Waals surface area contributed by atoms with Crippen molar-refractivity contribution < 1.29 is 0 Å². The summed E-state index contributed by atoms with van der Waals surface area (Å²) < 4.78 is 0. The molecule has 0 aromatic rings.